The number of nitrogens with zero attached hydrogens (tertiary/aromatic N) is 3. The van der Waals surface area contributed by atoms with E-state index in [9.17, 15) is 15.0 Å². The highest BCUT2D eigenvalue weighted by molar-refractivity contribution is 6.30. The Balaban J connectivity index is 1.67. The molecule has 8 nitrogen and oxygen atoms in total. The number of phenolic OH excluding ortho intramolecular Hbond substituents is 1. The van der Waals surface area contributed by atoms with E-state index < -0.39 is 12.0 Å². The van der Waals surface area contributed by atoms with E-state index in [1.54, 1.807) is 18.2 Å². The highest BCUT2D eigenvalue weighted by atomic mass is 35.5. The highest BCUT2D eigenvalue weighted by Crippen LogP contribution is 2.47. The fourth-order valence-corrected chi connectivity index (χ4v) is 5.50. The summed E-state index contributed by atoms with van der Waals surface area (Å²) in [5.41, 5.74) is 2.58. The number of hydrogen-bond acceptors (Lipinski definition) is 7. The number of furan rings is 1. The molecular weight excluding hydrogens is 542 g/mol. The third-order valence-corrected chi connectivity index (χ3v) is 7.80. The van der Waals surface area contributed by atoms with Crippen LogP contribution in [0.1, 0.15) is 34.5 Å². The minimum atomic E-state index is -1.13. The minimum absolute atomic E-state index is 0.00401. The lowest BCUT2D eigenvalue weighted by atomic mass is 9.88. The normalized spacial score (nSPS) is 16.3. The van der Waals surface area contributed by atoms with Gasteiger partial charge in [-0.15, -0.1) is 0 Å². The van der Waals surface area contributed by atoms with E-state index in [0.717, 1.165) is 24.2 Å². The average Bonchev–Trinajstić information content (AvgIpc) is 3.43. The van der Waals surface area contributed by atoms with Gasteiger partial charge in [-0.05, 0) is 44.0 Å². The number of aliphatic imine (C=N–C) groups is 1. The number of carbonyl (C=O) groups is 1. The first-order valence-corrected chi connectivity index (χ1v) is 13.7. The van der Waals surface area contributed by atoms with Crippen molar-refractivity contribution in [3.05, 3.63) is 100 Å². The van der Waals surface area contributed by atoms with E-state index in [0.29, 0.717) is 51.3 Å². The molecule has 1 atom stereocenters. The predicted molar refractivity (Wildman–Crippen MR) is 162 cm³/mol. The van der Waals surface area contributed by atoms with Crippen molar-refractivity contribution in [2.75, 3.05) is 33.2 Å². The minimum Gasteiger partial charge on any atom is -0.507 e. The summed E-state index contributed by atoms with van der Waals surface area (Å²) in [6.45, 7) is 8.89. The highest BCUT2D eigenvalue weighted by Gasteiger charge is 2.34. The van der Waals surface area contributed by atoms with E-state index in [1.165, 1.54) is 6.26 Å². The first-order chi connectivity index (χ1) is 19.8. The maximum absolute atomic E-state index is 12.4. The Morgan fingerprint density at radius 1 is 1.15 bits per heavy atom. The van der Waals surface area contributed by atoms with Crippen LogP contribution in [0.15, 0.2) is 87.8 Å². The number of piperazine rings is 1. The Labute approximate surface area is 243 Å². The molecule has 2 N–H and O–H groups in total. The topological polar surface area (TPSA) is 98.7 Å². The van der Waals surface area contributed by atoms with Crippen molar-refractivity contribution < 1.29 is 24.2 Å². The first-order valence-electron chi connectivity index (χ1n) is 13.3. The van der Waals surface area contributed by atoms with Crippen LogP contribution >= 0.6 is 11.6 Å². The van der Waals surface area contributed by atoms with Crippen LogP contribution < -0.4 is 0 Å². The molecule has 9 heteroatoms. The van der Waals surface area contributed by atoms with Gasteiger partial charge in [-0.2, -0.15) is 0 Å². The number of fused-ring (bicyclic) bond motifs is 3. The van der Waals surface area contributed by atoms with Gasteiger partial charge in [-0.25, -0.2) is 9.79 Å². The zero-order valence-corrected chi connectivity index (χ0v) is 23.8. The fraction of sp³-hybridized carbons (Fsp3) is 0.250. The Kier molecular flexibility index (Phi) is 8.44. The number of carboxylic acids is 1. The number of aromatic hydroxyl groups is 1. The van der Waals surface area contributed by atoms with Gasteiger partial charge in [0.05, 0.1) is 6.04 Å². The molecule has 2 heterocycles. The lowest BCUT2D eigenvalue weighted by molar-refractivity contribution is 0.0697. The predicted octanol–water partition coefficient (Wildman–Crippen LogP) is 6.64. The number of allylic oxidation sites excluding steroid dienone is 1. The van der Waals surface area contributed by atoms with E-state index in [-0.39, 0.29) is 17.9 Å². The van der Waals surface area contributed by atoms with Crippen LogP contribution in [0.25, 0.3) is 21.7 Å². The summed E-state index contributed by atoms with van der Waals surface area (Å²) in [5, 5.41) is 24.2. The number of halogens is 1. The standard InChI is InChI=1S/C32H32ClN3O5/c1-4-21(17-26(34-2)40-18-20-9-11-22(33)12-10-20)29(36-15-13-35(3)14-16-36)28-27-25(32(38)39)19-41-31(27)24-8-6-5-7-23(24)30(28)37/h4-12,17,19,29,37H,2,13-16,18H2,1,3H3,(H,38,39)/b21-4+,26-17+. The summed E-state index contributed by atoms with van der Waals surface area (Å²) in [6.07, 6.45) is 4.98. The number of likely N-dealkylation sites (N-methyl/N-ethyl adjacent to an activating group) is 1. The summed E-state index contributed by atoms with van der Waals surface area (Å²) >= 11 is 6.02. The molecule has 1 unspecified atom stereocenters. The van der Waals surface area contributed by atoms with Crippen LogP contribution in [0.3, 0.4) is 0 Å². The molecular formula is C32H32ClN3O5. The Bertz CT molecular complexity index is 1650. The number of rotatable bonds is 9. The van der Waals surface area contributed by atoms with E-state index in [1.807, 2.05) is 49.4 Å². The molecule has 1 saturated heterocycles. The Morgan fingerprint density at radius 3 is 2.46 bits per heavy atom. The van der Waals surface area contributed by atoms with Gasteiger partial charge in [-0.3, -0.25) is 4.90 Å². The molecule has 0 amide bonds. The summed E-state index contributed by atoms with van der Waals surface area (Å²) in [7, 11) is 2.07. The number of phenols is 1. The van der Waals surface area contributed by atoms with Crippen LogP contribution in [-0.2, 0) is 11.3 Å². The van der Waals surface area contributed by atoms with Gasteiger partial charge in [0, 0.05) is 59.0 Å². The molecule has 1 aromatic heterocycles. The van der Waals surface area contributed by atoms with Crippen molar-refractivity contribution in [1.29, 1.82) is 0 Å². The molecule has 41 heavy (non-hydrogen) atoms. The second kappa shape index (κ2) is 12.2. The van der Waals surface area contributed by atoms with Crippen molar-refractivity contribution >= 4 is 46.0 Å². The SMILES string of the molecule is C=N/C(=C\C(=C/C)C(c1c(O)c2ccccc2c2occ(C(=O)O)c12)N1CCN(C)CC1)OCc1ccc(Cl)cc1. The molecule has 4 aromatic rings. The molecule has 0 bridgehead atoms. The van der Waals surface area contributed by atoms with Gasteiger partial charge < -0.3 is 24.3 Å². The third kappa shape index (κ3) is 5.72. The maximum Gasteiger partial charge on any atom is 0.339 e. The van der Waals surface area contributed by atoms with Crippen LogP contribution in [-0.4, -0.2) is 65.9 Å². The third-order valence-electron chi connectivity index (χ3n) is 7.54. The molecule has 5 rings (SSSR count). The first kappa shape index (κ1) is 28.4. The quantitative estimate of drug-likeness (QED) is 0.132. The largest absolute Gasteiger partial charge is 0.507 e. The van der Waals surface area contributed by atoms with Gasteiger partial charge in [0.2, 0.25) is 5.88 Å². The molecule has 0 spiro atoms. The van der Waals surface area contributed by atoms with Crippen molar-refractivity contribution in [2.45, 2.75) is 19.6 Å². The zero-order valence-electron chi connectivity index (χ0n) is 23.0. The van der Waals surface area contributed by atoms with Crippen molar-refractivity contribution in [2.24, 2.45) is 4.99 Å². The smallest absolute Gasteiger partial charge is 0.339 e. The molecule has 1 fully saturated rings. The molecule has 1 aliphatic heterocycles. The van der Waals surface area contributed by atoms with Crippen molar-refractivity contribution in [3.63, 3.8) is 0 Å². The lowest BCUT2D eigenvalue weighted by Crippen LogP contribution is -2.46. The molecule has 212 valence electrons. The van der Waals surface area contributed by atoms with Gasteiger partial charge in [0.25, 0.3) is 0 Å². The fourth-order valence-electron chi connectivity index (χ4n) is 5.37. The number of aromatic carboxylic acids is 1. The molecule has 3 aromatic carbocycles. The molecule has 0 aliphatic carbocycles. The summed E-state index contributed by atoms with van der Waals surface area (Å²) < 4.78 is 11.9. The van der Waals surface area contributed by atoms with Crippen LogP contribution in [0.5, 0.6) is 5.75 Å². The zero-order chi connectivity index (χ0) is 29.1. The van der Waals surface area contributed by atoms with Crippen LogP contribution in [0, 0.1) is 0 Å². The van der Waals surface area contributed by atoms with E-state index in [2.05, 4.69) is 28.6 Å². The van der Waals surface area contributed by atoms with Crippen molar-refractivity contribution in [1.82, 2.24) is 9.80 Å². The van der Waals surface area contributed by atoms with Gasteiger partial charge in [0.1, 0.15) is 29.8 Å². The van der Waals surface area contributed by atoms with E-state index in [4.69, 9.17) is 20.8 Å². The monoisotopic (exact) mass is 573 g/mol. The van der Waals surface area contributed by atoms with Crippen molar-refractivity contribution in [3.8, 4) is 5.75 Å². The maximum atomic E-state index is 12.4. The van der Waals surface area contributed by atoms with Gasteiger partial charge in [0.15, 0.2) is 0 Å². The van der Waals surface area contributed by atoms with Crippen LogP contribution in [0.2, 0.25) is 5.02 Å². The second-order valence-electron chi connectivity index (χ2n) is 10.1. The number of benzene rings is 3. The molecule has 0 radical (unpaired) electrons. The number of hydrogen-bond donors (Lipinski definition) is 2. The Morgan fingerprint density at radius 2 is 1.83 bits per heavy atom. The van der Waals surface area contributed by atoms with E-state index >= 15 is 0 Å². The van der Waals surface area contributed by atoms with Gasteiger partial charge in [-0.1, -0.05) is 54.1 Å². The summed E-state index contributed by atoms with van der Waals surface area (Å²) in [5.74, 6) is -0.813. The molecule has 0 saturated carbocycles. The van der Waals surface area contributed by atoms with Crippen LogP contribution in [0.4, 0.5) is 0 Å². The summed E-state index contributed by atoms with van der Waals surface area (Å²) in [4.78, 5) is 21.0. The number of carboxylic acid groups (broad SMARTS) is 1. The average molecular weight is 574 g/mol. The second-order valence-corrected chi connectivity index (χ2v) is 10.5. The number of ether oxygens (including phenoxy) is 1. The van der Waals surface area contributed by atoms with Gasteiger partial charge >= 0.3 is 5.97 Å². The Hall–Kier alpha value is -4.11. The molecule has 1 aliphatic rings. The lowest BCUT2D eigenvalue weighted by Gasteiger charge is -2.39. The summed E-state index contributed by atoms with van der Waals surface area (Å²) in [6, 6.07) is 14.1.